The number of carbonyl (C=O) groups is 1. The molecule has 0 unspecified atom stereocenters. The van der Waals surface area contributed by atoms with E-state index in [1.807, 2.05) is 0 Å². The molecule has 0 aliphatic rings. The van der Waals surface area contributed by atoms with E-state index < -0.39 is 23.7 Å². The van der Waals surface area contributed by atoms with Crippen molar-refractivity contribution >= 4 is 11.6 Å². The van der Waals surface area contributed by atoms with Gasteiger partial charge in [0.2, 0.25) is 5.91 Å². The van der Waals surface area contributed by atoms with Crippen LogP contribution in [0.15, 0.2) is 24.3 Å². The van der Waals surface area contributed by atoms with Crippen LogP contribution >= 0.6 is 0 Å². The molecule has 1 aromatic carbocycles. The van der Waals surface area contributed by atoms with Crippen molar-refractivity contribution < 1.29 is 18.0 Å². The first-order valence-corrected chi connectivity index (χ1v) is 4.54. The van der Waals surface area contributed by atoms with E-state index in [-0.39, 0.29) is 5.69 Å². The van der Waals surface area contributed by atoms with Gasteiger partial charge in [-0.2, -0.15) is 13.2 Å². The maximum atomic E-state index is 12.3. The van der Waals surface area contributed by atoms with Crippen LogP contribution in [0.1, 0.15) is 12.5 Å². The second kappa shape index (κ2) is 4.52. The summed E-state index contributed by atoms with van der Waals surface area (Å²) >= 11 is 0. The molecule has 0 bridgehead atoms. The Kier molecular flexibility index (Phi) is 3.54. The Morgan fingerprint density at radius 1 is 1.44 bits per heavy atom. The summed E-state index contributed by atoms with van der Waals surface area (Å²) in [6.07, 6.45) is -4.42. The predicted octanol–water partition coefficient (Wildman–Crippen LogP) is 1.99. The largest absolute Gasteiger partial charge is 0.416 e. The summed E-state index contributed by atoms with van der Waals surface area (Å²) in [4.78, 5) is 11.2. The van der Waals surface area contributed by atoms with Crippen LogP contribution in [-0.2, 0) is 11.0 Å². The molecule has 0 aliphatic heterocycles. The van der Waals surface area contributed by atoms with E-state index in [1.54, 1.807) is 0 Å². The molecule has 0 fully saturated rings. The first-order chi connectivity index (χ1) is 7.30. The first-order valence-electron chi connectivity index (χ1n) is 4.54. The van der Waals surface area contributed by atoms with Gasteiger partial charge in [-0.3, -0.25) is 4.79 Å². The third kappa shape index (κ3) is 3.23. The van der Waals surface area contributed by atoms with Gasteiger partial charge in [-0.25, -0.2) is 0 Å². The number of anilines is 1. The lowest BCUT2D eigenvalue weighted by molar-refractivity contribution is -0.137. The van der Waals surface area contributed by atoms with Gasteiger partial charge in [0.05, 0.1) is 11.6 Å². The third-order valence-electron chi connectivity index (χ3n) is 1.87. The molecule has 0 aromatic heterocycles. The summed E-state index contributed by atoms with van der Waals surface area (Å²) in [5.41, 5.74) is 4.54. The Hall–Kier alpha value is -1.56. The van der Waals surface area contributed by atoms with Crippen molar-refractivity contribution in [2.75, 3.05) is 5.32 Å². The van der Waals surface area contributed by atoms with Crippen LogP contribution in [0.4, 0.5) is 18.9 Å². The summed E-state index contributed by atoms with van der Waals surface area (Å²) < 4.78 is 37.0. The van der Waals surface area contributed by atoms with Crippen LogP contribution in [0.25, 0.3) is 0 Å². The number of rotatable bonds is 2. The van der Waals surface area contributed by atoms with E-state index in [0.717, 1.165) is 12.1 Å². The van der Waals surface area contributed by atoms with Gasteiger partial charge in [0, 0.05) is 5.69 Å². The fourth-order valence-corrected chi connectivity index (χ4v) is 1.03. The lowest BCUT2D eigenvalue weighted by atomic mass is 10.2. The van der Waals surface area contributed by atoms with Crippen molar-refractivity contribution in [3.63, 3.8) is 0 Å². The van der Waals surface area contributed by atoms with Crippen LogP contribution in [-0.4, -0.2) is 11.9 Å². The number of hydrogen-bond donors (Lipinski definition) is 2. The molecule has 6 heteroatoms. The minimum absolute atomic E-state index is 0.0807. The molecular formula is C10H11F3N2O. The van der Waals surface area contributed by atoms with Crippen molar-refractivity contribution in [2.24, 2.45) is 5.73 Å². The van der Waals surface area contributed by atoms with Gasteiger partial charge in [0.1, 0.15) is 0 Å². The van der Waals surface area contributed by atoms with Gasteiger partial charge in [-0.15, -0.1) is 0 Å². The number of carbonyl (C=O) groups excluding carboxylic acids is 1. The highest BCUT2D eigenvalue weighted by Gasteiger charge is 2.30. The quantitative estimate of drug-likeness (QED) is 0.819. The highest BCUT2D eigenvalue weighted by Crippen LogP contribution is 2.30. The number of hydrogen-bond acceptors (Lipinski definition) is 2. The molecule has 0 saturated carbocycles. The molecule has 3 N–H and O–H groups in total. The maximum absolute atomic E-state index is 12.3. The van der Waals surface area contributed by atoms with Gasteiger partial charge in [-0.1, -0.05) is 6.07 Å². The number of nitrogens with two attached hydrogens (primary N) is 1. The summed E-state index contributed by atoms with van der Waals surface area (Å²) in [5.74, 6) is -0.528. The van der Waals surface area contributed by atoms with Crippen molar-refractivity contribution in [3.8, 4) is 0 Å². The molecule has 0 aliphatic carbocycles. The van der Waals surface area contributed by atoms with Gasteiger partial charge in [0.25, 0.3) is 0 Å². The van der Waals surface area contributed by atoms with E-state index in [0.29, 0.717) is 0 Å². The molecule has 0 heterocycles. The monoisotopic (exact) mass is 232 g/mol. The number of benzene rings is 1. The van der Waals surface area contributed by atoms with Crippen molar-refractivity contribution in [1.29, 1.82) is 0 Å². The van der Waals surface area contributed by atoms with Gasteiger partial charge in [0.15, 0.2) is 0 Å². The van der Waals surface area contributed by atoms with E-state index in [1.165, 1.54) is 19.1 Å². The SMILES string of the molecule is C[C@@H](N)C(=O)Nc1cccc(C(F)(F)F)c1. The highest BCUT2D eigenvalue weighted by atomic mass is 19.4. The van der Waals surface area contributed by atoms with Crippen molar-refractivity contribution in [3.05, 3.63) is 29.8 Å². The minimum atomic E-state index is -4.42. The Morgan fingerprint density at radius 2 is 2.06 bits per heavy atom. The lowest BCUT2D eigenvalue weighted by Crippen LogP contribution is -2.32. The smallest absolute Gasteiger partial charge is 0.325 e. The average molecular weight is 232 g/mol. The van der Waals surface area contributed by atoms with Crippen molar-refractivity contribution in [1.82, 2.24) is 0 Å². The molecule has 1 amide bonds. The zero-order valence-corrected chi connectivity index (χ0v) is 8.51. The van der Waals surface area contributed by atoms with E-state index >= 15 is 0 Å². The predicted molar refractivity (Wildman–Crippen MR) is 53.7 cm³/mol. The number of halogens is 3. The Balaban J connectivity index is 2.88. The number of nitrogens with one attached hydrogen (secondary N) is 1. The molecule has 3 nitrogen and oxygen atoms in total. The van der Waals surface area contributed by atoms with E-state index in [4.69, 9.17) is 5.73 Å². The van der Waals surface area contributed by atoms with Gasteiger partial charge in [-0.05, 0) is 25.1 Å². The van der Waals surface area contributed by atoms with Crippen LogP contribution < -0.4 is 11.1 Å². The molecule has 0 saturated heterocycles. The van der Waals surface area contributed by atoms with E-state index in [2.05, 4.69) is 5.32 Å². The highest BCUT2D eigenvalue weighted by molar-refractivity contribution is 5.94. The first kappa shape index (κ1) is 12.5. The number of amides is 1. The van der Waals surface area contributed by atoms with E-state index in [9.17, 15) is 18.0 Å². The van der Waals surface area contributed by atoms with Crippen LogP contribution in [0.2, 0.25) is 0 Å². The zero-order chi connectivity index (χ0) is 12.3. The molecule has 0 spiro atoms. The standard InChI is InChI=1S/C10H11F3N2O/c1-6(14)9(16)15-8-4-2-3-7(5-8)10(11,12)13/h2-6H,14H2,1H3,(H,15,16)/t6-/m1/s1. The Labute approximate surface area is 90.4 Å². The summed E-state index contributed by atoms with van der Waals surface area (Å²) in [6.45, 7) is 1.45. The van der Waals surface area contributed by atoms with Gasteiger partial charge >= 0.3 is 6.18 Å². The maximum Gasteiger partial charge on any atom is 0.416 e. The van der Waals surface area contributed by atoms with Gasteiger partial charge < -0.3 is 11.1 Å². The molecule has 88 valence electrons. The fraction of sp³-hybridized carbons (Fsp3) is 0.300. The zero-order valence-electron chi connectivity index (χ0n) is 8.51. The minimum Gasteiger partial charge on any atom is -0.325 e. The Bertz CT molecular complexity index is 388. The average Bonchev–Trinajstić information content (AvgIpc) is 2.16. The topological polar surface area (TPSA) is 55.1 Å². The van der Waals surface area contributed by atoms with Crippen LogP contribution in [0, 0.1) is 0 Å². The molecule has 1 rings (SSSR count). The fourth-order valence-electron chi connectivity index (χ4n) is 1.03. The lowest BCUT2D eigenvalue weighted by Gasteiger charge is -2.10. The normalized spacial score (nSPS) is 13.3. The summed E-state index contributed by atoms with van der Waals surface area (Å²) in [5, 5.41) is 2.29. The van der Waals surface area contributed by atoms with Crippen molar-refractivity contribution in [2.45, 2.75) is 19.1 Å². The van der Waals surface area contributed by atoms with Crippen LogP contribution in [0.3, 0.4) is 0 Å². The van der Waals surface area contributed by atoms with Crippen LogP contribution in [0.5, 0.6) is 0 Å². The summed E-state index contributed by atoms with van der Waals surface area (Å²) in [6, 6.07) is 3.62. The Morgan fingerprint density at radius 3 is 2.56 bits per heavy atom. The molecule has 1 atom stereocenters. The molecular weight excluding hydrogens is 221 g/mol. The summed E-state index contributed by atoms with van der Waals surface area (Å²) in [7, 11) is 0. The molecule has 16 heavy (non-hydrogen) atoms. The molecule has 0 radical (unpaired) electrons. The second-order valence-electron chi connectivity index (χ2n) is 3.36. The second-order valence-corrected chi connectivity index (χ2v) is 3.36. The number of alkyl halides is 3. The molecule has 1 aromatic rings. The third-order valence-corrected chi connectivity index (χ3v) is 1.87.